The maximum absolute atomic E-state index is 14.5. The lowest BCUT2D eigenvalue weighted by Gasteiger charge is -2.37. The highest BCUT2D eigenvalue weighted by atomic mass is 35.5. The molecule has 3 aromatic carbocycles. The van der Waals surface area contributed by atoms with Crippen LogP contribution in [0, 0.1) is 5.92 Å². The quantitative estimate of drug-likeness (QED) is 0.313. The Labute approximate surface area is 228 Å². The zero-order valence-electron chi connectivity index (χ0n) is 20.0. The summed E-state index contributed by atoms with van der Waals surface area (Å²) in [7, 11) is 0. The molecule has 1 N–H and O–H groups in total. The molecule has 1 fully saturated rings. The van der Waals surface area contributed by atoms with Crippen LogP contribution in [0.5, 0.6) is 0 Å². The first-order valence-corrected chi connectivity index (χ1v) is 13.6. The van der Waals surface area contributed by atoms with Gasteiger partial charge in [0.15, 0.2) is 11.6 Å². The van der Waals surface area contributed by atoms with E-state index in [9.17, 15) is 14.4 Å². The lowest BCUT2D eigenvalue weighted by molar-refractivity contribution is -0.121. The zero-order chi connectivity index (χ0) is 26.0. The van der Waals surface area contributed by atoms with Gasteiger partial charge in [-0.15, -0.1) is 11.3 Å². The van der Waals surface area contributed by atoms with Gasteiger partial charge in [-0.05, 0) is 46.8 Å². The number of Topliss-reactive ketones (excluding diaryl/α,β-unsaturated/α-hetero) is 2. The van der Waals surface area contributed by atoms with E-state index in [0.29, 0.717) is 21.2 Å². The average molecular weight is 537 g/mol. The van der Waals surface area contributed by atoms with Crippen LogP contribution in [-0.4, -0.2) is 29.6 Å². The standard InChI is InChI=1S/C31H21ClN2O3S/c32-20-13-14-23-19(17-20)12-15-25-31(21-9-4-5-10-22(21)33-30(31)37)26(29(36)24-11-6-16-38-24)27(34(23)25)28(35)18-7-2-1-3-8-18/h1-17,25-27H,(H,33,37)/t25-,26+,27-,31-/m0/s1. The number of amides is 1. The van der Waals surface area contributed by atoms with Gasteiger partial charge in [0.05, 0.1) is 16.8 Å². The molecule has 1 aromatic heterocycles. The van der Waals surface area contributed by atoms with Gasteiger partial charge in [0, 0.05) is 22.0 Å². The van der Waals surface area contributed by atoms with Crippen molar-refractivity contribution in [3.63, 3.8) is 0 Å². The second-order valence-electron chi connectivity index (χ2n) is 9.78. The number of carbonyl (C=O) groups excluding carboxylic acids is 3. The number of hydrogen-bond acceptors (Lipinski definition) is 5. The van der Waals surface area contributed by atoms with Crippen LogP contribution >= 0.6 is 22.9 Å². The maximum Gasteiger partial charge on any atom is 0.238 e. The minimum absolute atomic E-state index is 0.198. The first-order valence-electron chi connectivity index (χ1n) is 12.4. The van der Waals surface area contributed by atoms with Crippen LogP contribution in [0.4, 0.5) is 11.4 Å². The summed E-state index contributed by atoms with van der Waals surface area (Å²) < 4.78 is 0. The Morgan fingerprint density at radius 3 is 2.50 bits per heavy atom. The topological polar surface area (TPSA) is 66.5 Å². The lowest BCUT2D eigenvalue weighted by Crippen LogP contribution is -2.51. The Morgan fingerprint density at radius 2 is 1.71 bits per heavy atom. The molecule has 7 heteroatoms. The predicted octanol–water partition coefficient (Wildman–Crippen LogP) is 6.26. The third-order valence-corrected chi connectivity index (χ3v) is 9.09. The van der Waals surface area contributed by atoms with Crippen molar-refractivity contribution in [3.05, 3.63) is 123 Å². The number of fused-ring (bicyclic) bond motifs is 6. The SMILES string of the molecule is O=C(c1ccccc1)[C@@H]1[C@H](C(=O)c2cccs2)[C@@]2(C(=O)Nc3ccccc32)[C@@H]2C=Cc3cc(Cl)ccc3N12. The van der Waals surface area contributed by atoms with Crippen LogP contribution in [0.25, 0.3) is 6.08 Å². The minimum atomic E-state index is -1.30. The number of nitrogens with zero attached hydrogens (tertiary/aromatic N) is 1. The number of anilines is 2. The van der Waals surface area contributed by atoms with Crippen LogP contribution < -0.4 is 10.2 Å². The summed E-state index contributed by atoms with van der Waals surface area (Å²) in [6.07, 6.45) is 3.90. The molecule has 5 nitrogen and oxygen atoms in total. The third-order valence-electron chi connectivity index (χ3n) is 7.97. The average Bonchev–Trinajstić information content (AvgIpc) is 3.65. The van der Waals surface area contributed by atoms with Crippen molar-refractivity contribution in [1.29, 1.82) is 0 Å². The van der Waals surface area contributed by atoms with Gasteiger partial charge in [0.1, 0.15) is 11.5 Å². The van der Waals surface area contributed by atoms with E-state index in [1.54, 1.807) is 24.3 Å². The number of halogens is 1. The van der Waals surface area contributed by atoms with Gasteiger partial charge in [-0.2, -0.15) is 0 Å². The smallest absolute Gasteiger partial charge is 0.238 e. The summed E-state index contributed by atoms with van der Waals surface area (Å²) >= 11 is 7.66. The molecule has 3 aliphatic heterocycles. The van der Waals surface area contributed by atoms with Gasteiger partial charge in [0.2, 0.25) is 5.91 Å². The molecule has 0 aliphatic carbocycles. The van der Waals surface area contributed by atoms with Crippen molar-refractivity contribution < 1.29 is 14.4 Å². The van der Waals surface area contributed by atoms with Crippen molar-refractivity contribution >= 4 is 57.9 Å². The Bertz CT molecular complexity index is 1650. The molecular formula is C31H21ClN2O3S. The van der Waals surface area contributed by atoms with E-state index in [4.69, 9.17) is 11.6 Å². The maximum atomic E-state index is 14.5. The number of carbonyl (C=O) groups is 3. The Balaban J connectivity index is 1.55. The molecule has 0 saturated carbocycles. The molecule has 1 amide bonds. The molecule has 4 atom stereocenters. The Morgan fingerprint density at radius 1 is 0.921 bits per heavy atom. The summed E-state index contributed by atoms with van der Waals surface area (Å²) in [5.74, 6) is -1.64. The number of nitrogens with one attached hydrogen (secondary N) is 1. The number of ketones is 2. The van der Waals surface area contributed by atoms with E-state index in [-0.39, 0.29) is 17.5 Å². The molecule has 7 rings (SSSR count). The van der Waals surface area contributed by atoms with Gasteiger partial charge in [-0.3, -0.25) is 14.4 Å². The third kappa shape index (κ3) is 3.08. The fourth-order valence-electron chi connectivity index (χ4n) is 6.50. The van der Waals surface area contributed by atoms with E-state index >= 15 is 0 Å². The summed E-state index contributed by atoms with van der Waals surface area (Å²) in [6.45, 7) is 0. The van der Waals surface area contributed by atoms with Crippen LogP contribution in [0.2, 0.25) is 5.02 Å². The highest BCUT2D eigenvalue weighted by Gasteiger charge is 2.70. The normalized spacial score (nSPS) is 24.6. The van der Waals surface area contributed by atoms with Gasteiger partial charge in [0.25, 0.3) is 0 Å². The molecule has 4 heterocycles. The molecule has 1 saturated heterocycles. The summed E-state index contributed by atoms with van der Waals surface area (Å²) in [6, 6.07) is 24.1. The largest absolute Gasteiger partial charge is 0.352 e. The molecule has 38 heavy (non-hydrogen) atoms. The van der Waals surface area contributed by atoms with Crippen molar-refractivity contribution in [1.82, 2.24) is 0 Å². The molecular weight excluding hydrogens is 516 g/mol. The van der Waals surface area contributed by atoms with Crippen molar-refractivity contribution in [2.45, 2.75) is 17.5 Å². The Hall–Kier alpha value is -4.00. The number of hydrogen-bond donors (Lipinski definition) is 1. The molecule has 0 bridgehead atoms. The van der Waals surface area contributed by atoms with E-state index in [1.807, 2.05) is 83.1 Å². The van der Waals surface area contributed by atoms with E-state index < -0.39 is 23.4 Å². The number of benzene rings is 3. The van der Waals surface area contributed by atoms with Crippen molar-refractivity contribution in [3.8, 4) is 0 Å². The first-order chi connectivity index (χ1) is 18.5. The second kappa shape index (κ2) is 8.51. The van der Waals surface area contributed by atoms with Crippen molar-refractivity contribution in [2.75, 3.05) is 10.2 Å². The predicted molar refractivity (Wildman–Crippen MR) is 150 cm³/mol. The first kappa shape index (κ1) is 23.1. The van der Waals surface area contributed by atoms with Crippen molar-refractivity contribution in [2.24, 2.45) is 5.92 Å². The highest BCUT2D eigenvalue weighted by Crippen LogP contribution is 2.58. The number of para-hydroxylation sites is 1. The van der Waals surface area contributed by atoms with Crippen LogP contribution in [0.3, 0.4) is 0 Å². The second-order valence-corrected chi connectivity index (χ2v) is 11.2. The molecule has 0 radical (unpaired) electrons. The molecule has 1 spiro atoms. The fourth-order valence-corrected chi connectivity index (χ4v) is 7.38. The van der Waals surface area contributed by atoms with E-state index in [0.717, 1.165) is 16.8 Å². The van der Waals surface area contributed by atoms with Crippen LogP contribution in [-0.2, 0) is 10.2 Å². The van der Waals surface area contributed by atoms with Gasteiger partial charge in [-0.25, -0.2) is 0 Å². The Kier molecular flexibility index (Phi) is 5.18. The van der Waals surface area contributed by atoms with Gasteiger partial charge in [-0.1, -0.05) is 78.4 Å². The zero-order valence-corrected chi connectivity index (χ0v) is 21.6. The highest BCUT2D eigenvalue weighted by molar-refractivity contribution is 7.12. The molecule has 4 aromatic rings. The number of rotatable bonds is 4. The fraction of sp³-hybridized carbons (Fsp3) is 0.129. The minimum Gasteiger partial charge on any atom is -0.352 e. The molecule has 3 aliphatic rings. The van der Waals surface area contributed by atoms with E-state index in [1.165, 1.54) is 11.3 Å². The molecule has 186 valence electrons. The van der Waals surface area contributed by atoms with E-state index in [2.05, 4.69) is 5.32 Å². The van der Waals surface area contributed by atoms with Crippen LogP contribution in [0.15, 0.2) is 96.4 Å². The number of thiophene rings is 1. The molecule has 0 unspecified atom stereocenters. The van der Waals surface area contributed by atoms with Crippen LogP contribution in [0.1, 0.15) is 31.2 Å². The van der Waals surface area contributed by atoms with Gasteiger partial charge < -0.3 is 10.2 Å². The summed E-state index contributed by atoms with van der Waals surface area (Å²) in [5, 5.41) is 5.46. The lowest BCUT2D eigenvalue weighted by atomic mass is 9.64. The summed E-state index contributed by atoms with van der Waals surface area (Å²) in [4.78, 5) is 45.7. The monoisotopic (exact) mass is 536 g/mol. The summed E-state index contributed by atoms with van der Waals surface area (Å²) in [5.41, 5.74) is 2.21. The van der Waals surface area contributed by atoms with Gasteiger partial charge >= 0.3 is 0 Å².